The van der Waals surface area contributed by atoms with Gasteiger partial charge in [0.15, 0.2) is 0 Å². The van der Waals surface area contributed by atoms with E-state index >= 15 is 0 Å². The second kappa shape index (κ2) is 12.1. The zero-order chi connectivity index (χ0) is 26.5. The first kappa shape index (κ1) is 28.0. The average Bonchev–Trinajstić information content (AvgIpc) is 2.79. The molecule has 0 radical (unpaired) electrons. The van der Waals surface area contributed by atoms with Crippen molar-refractivity contribution < 1.29 is 19.2 Å². The first-order chi connectivity index (χ1) is 16.9. The molecule has 0 aromatic heterocycles. The summed E-state index contributed by atoms with van der Waals surface area (Å²) in [5.41, 5.74) is -0.0873. The van der Waals surface area contributed by atoms with Gasteiger partial charge in [0.2, 0.25) is 5.91 Å². The molecule has 8 nitrogen and oxygen atoms in total. The zero-order valence-electron chi connectivity index (χ0n) is 20.2. The Labute approximate surface area is 224 Å². The summed E-state index contributed by atoms with van der Waals surface area (Å²) in [5, 5.41) is 12.6. The molecule has 0 aliphatic carbocycles. The van der Waals surface area contributed by atoms with Crippen LogP contribution < -0.4 is 0 Å². The number of nitro benzene ring substituents is 1. The first-order valence-electron chi connectivity index (χ1n) is 11.2. The van der Waals surface area contributed by atoms with Gasteiger partial charge >= 0.3 is 5.97 Å². The second-order valence-electron chi connectivity index (χ2n) is 9.18. The van der Waals surface area contributed by atoms with Crippen LogP contribution in [0.1, 0.15) is 26.3 Å². The van der Waals surface area contributed by atoms with E-state index in [4.69, 9.17) is 27.9 Å². The van der Waals surface area contributed by atoms with Gasteiger partial charge in [-0.05, 0) is 56.7 Å². The predicted molar refractivity (Wildman–Crippen MR) is 142 cm³/mol. The molecule has 0 N–H and O–H groups in total. The smallest absolute Gasteiger partial charge is 0.320 e. The molecule has 0 spiro atoms. The summed E-state index contributed by atoms with van der Waals surface area (Å²) in [4.78, 5) is 40.6. The van der Waals surface area contributed by atoms with Crippen LogP contribution in [0.2, 0.25) is 10.0 Å². The van der Waals surface area contributed by atoms with E-state index in [1.165, 1.54) is 23.9 Å². The van der Waals surface area contributed by atoms with Crippen molar-refractivity contribution in [2.24, 2.45) is 0 Å². The average molecular weight is 552 g/mol. The number of benzene rings is 2. The summed E-state index contributed by atoms with van der Waals surface area (Å²) in [6.07, 6.45) is 2.97. The molecule has 2 aromatic carbocycles. The molecule has 36 heavy (non-hydrogen) atoms. The zero-order valence-corrected chi connectivity index (χ0v) is 22.5. The van der Waals surface area contributed by atoms with E-state index < -0.39 is 10.5 Å². The van der Waals surface area contributed by atoms with Gasteiger partial charge in [0.1, 0.15) is 5.60 Å². The maximum Gasteiger partial charge on any atom is 0.320 e. The van der Waals surface area contributed by atoms with Gasteiger partial charge in [0.25, 0.3) is 5.69 Å². The molecule has 1 aliphatic rings. The highest BCUT2D eigenvalue weighted by Crippen LogP contribution is 2.39. The van der Waals surface area contributed by atoms with Crippen LogP contribution in [0.4, 0.5) is 5.69 Å². The molecule has 11 heteroatoms. The Balaban J connectivity index is 1.60. The highest BCUT2D eigenvalue weighted by molar-refractivity contribution is 7.99. The second-order valence-corrected chi connectivity index (χ2v) is 11.1. The fourth-order valence-electron chi connectivity index (χ4n) is 3.50. The Hall–Kier alpha value is -2.59. The highest BCUT2D eigenvalue weighted by Gasteiger charge is 2.24. The lowest BCUT2D eigenvalue weighted by molar-refractivity contribution is -0.387. The molecule has 0 unspecified atom stereocenters. The Morgan fingerprint density at radius 3 is 2.36 bits per heavy atom. The van der Waals surface area contributed by atoms with Crippen LogP contribution in [0.25, 0.3) is 6.08 Å². The lowest BCUT2D eigenvalue weighted by Crippen LogP contribution is -2.50. The molecule has 1 heterocycles. The van der Waals surface area contributed by atoms with Gasteiger partial charge in [0, 0.05) is 48.2 Å². The Morgan fingerprint density at radius 1 is 1.08 bits per heavy atom. The van der Waals surface area contributed by atoms with E-state index in [9.17, 15) is 19.7 Å². The third kappa shape index (κ3) is 8.23. The van der Waals surface area contributed by atoms with Gasteiger partial charge in [0.05, 0.1) is 21.4 Å². The van der Waals surface area contributed by atoms with Crippen LogP contribution in [-0.2, 0) is 14.3 Å². The molecule has 2 aromatic rings. The van der Waals surface area contributed by atoms with Crippen LogP contribution in [0, 0.1) is 10.1 Å². The number of halogens is 2. The minimum Gasteiger partial charge on any atom is -0.459 e. The molecular weight excluding hydrogens is 525 g/mol. The van der Waals surface area contributed by atoms with Gasteiger partial charge < -0.3 is 9.64 Å². The van der Waals surface area contributed by atoms with E-state index in [2.05, 4.69) is 0 Å². The van der Waals surface area contributed by atoms with Crippen LogP contribution in [0.15, 0.2) is 52.3 Å². The molecule has 1 aliphatic heterocycles. The summed E-state index contributed by atoms with van der Waals surface area (Å²) in [7, 11) is 0. The van der Waals surface area contributed by atoms with Crippen molar-refractivity contribution in [2.45, 2.75) is 36.2 Å². The van der Waals surface area contributed by atoms with Gasteiger partial charge in [-0.3, -0.25) is 24.6 Å². The van der Waals surface area contributed by atoms with Crippen molar-refractivity contribution in [3.05, 3.63) is 68.2 Å². The Morgan fingerprint density at radius 2 is 1.75 bits per heavy atom. The van der Waals surface area contributed by atoms with E-state index in [-0.39, 0.29) is 24.1 Å². The van der Waals surface area contributed by atoms with E-state index in [1.807, 2.05) is 25.7 Å². The number of carbonyl (C=O) groups is 2. The number of nitro groups is 1. The van der Waals surface area contributed by atoms with Crippen molar-refractivity contribution in [1.29, 1.82) is 0 Å². The third-order valence-corrected chi connectivity index (χ3v) is 6.97. The minimum absolute atomic E-state index is 0.0867. The lowest BCUT2D eigenvalue weighted by Gasteiger charge is -2.34. The summed E-state index contributed by atoms with van der Waals surface area (Å²) < 4.78 is 5.35. The molecule has 3 rings (SSSR count). The quantitative estimate of drug-likeness (QED) is 0.192. The fraction of sp³-hybridized carbons (Fsp3) is 0.360. The van der Waals surface area contributed by atoms with Crippen molar-refractivity contribution >= 4 is 58.6 Å². The minimum atomic E-state index is -0.533. The number of hydrogen-bond acceptors (Lipinski definition) is 7. The van der Waals surface area contributed by atoms with Crippen molar-refractivity contribution in [1.82, 2.24) is 9.80 Å². The largest absolute Gasteiger partial charge is 0.459 e. The Bertz CT molecular complexity index is 1170. The third-order valence-electron chi connectivity index (χ3n) is 5.17. The summed E-state index contributed by atoms with van der Waals surface area (Å²) >= 11 is 13.3. The molecule has 1 saturated heterocycles. The number of piperazine rings is 1. The summed E-state index contributed by atoms with van der Waals surface area (Å²) in [5.74, 6) is -0.482. The molecule has 0 atom stereocenters. The highest BCUT2D eigenvalue weighted by atomic mass is 35.5. The van der Waals surface area contributed by atoms with Crippen LogP contribution in [-0.4, -0.2) is 64.9 Å². The van der Waals surface area contributed by atoms with Crippen LogP contribution in [0.3, 0.4) is 0 Å². The molecule has 1 amide bonds. The normalized spacial score (nSPS) is 14.8. The Kier molecular flexibility index (Phi) is 9.41. The van der Waals surface area contributed by atoms with Crippen LogP contribution in [0.5, 0.6) is 0 Å². The van der Waals surface area contributed by atoms with Crippen molar-refractivity contribution in [2.75, 3.05) is 32.7 Å². The molecule has 0 saturated carbocycles. The SMILES string of the molecule is CC(C)(C)OC(=O)CN1CCN(C(=O)C=Cc2ccc(Sc3ccc(Cl)cc3Cl)c([N+](=O)[O-])c2)CC1. The summed E-state index contributed by atoms with van der Waals surface area (Å²) in [6.45, 7) is 7.72. The standard InChI is InChI=1S/C25H27Cl2N3O5S/c1-25(2,3)35-24(32)16-28-10-12-29(13-11-28)23(31)9-5-17-4-7-22(20(14-17)30(33)34)36-21-8-6-18(26)15-19(21)27/h4-9,14-15H,10-13,16H2,1-3H3. The molecule has 192 valence electrons. The van der Waals surface area contributed by atoms with Gasteiger partial charge in [-0.2, -0.15) is 0 Å². The molecular formula is C25H27Cl2N3O5S. The topological polar surface area (TPSA) is 93.0 Å². The van der Waals surface area contributed by atoms with Gasteiger partial charge in [-0.15, -0.1) is 0 Å². The number of carbonyl (C=O) groups excluding carboxylic acids is 2. The fourth-order valence-corrected chi connectivity index (χ4v) is 4.93. The number of amides is 1. The predicted octanol–water partition coefficient (Wildman–Crippen LogP) is 5.55. The first-order valence-corrected chi connectivity index (χ1v) is 12.8. The number of rotatable bonds is 7. The van der Waals surface area contributed by atoms with E-state index in [0.717, 1.165) is 0 Å². The van der Waals surface area contributed by atoms with Gasteiger partial charge in [-0.25, -0.2) is 0 Å². The number of nitrogens with zero attached hydrogens (tertiary/aromatic N) is 3. The number of esters is 1. The lowest BCUT2D eigenvalue weighted by atomic mass is 10.2. The van der Waals surface area contributed by atoms with Gasteiger partial charge in [-0.1, -0.05) is 41.0 Å². The monoisotopic (exact) mass is 551 g/mol. The van der Waals surface area contributed by atoms with Crippen LogP contribution >= 0.6 is 35.0 Å². The number of hydrogen-bond donors (Lipinski definition) is 0. The van der Waals surface area contributed by atoms with Crippen molar-refractivity contribution in [3.8, 4) is 0 Å². The molecule has 0 bridgehead atoms. The van der Waals surface area contributed by atoms with E-state index in [0.29, 0.717) is 51.6 Å². The van der Waals surface area contributed by atoms with E-state index in [1.54, 1.807) is 41.3 Å². The maximum atomic E-state index is 12.6. The summed E-state index contributed by atoms with van der Waals surface area (Å²) in [6, 6.07) is 9.72. The number of ether oxygens (including phenoxy) is 1. The maximum absolute atomic E-state index is 12.6. The molecule has 1 fully saturated rings. The van der Waals surface area contributed by atoms with Crippen molar-refractivity contribution in [3.63, 3.8) is 0 Å².